The third kappa shape index (κ3) is 2.84. The quantitative estimate of drug-likeness (QED) is 0.791. The van der Waals surface area contributed by atoms with Crippen LogP contribution in [0.1, 0.15) is 19.2 Å². The average molecular weight is 278 g/mol. The van der Waals surface area contributed by atoms with Crippen molar-refractivity contribution in [2.24, 2.45) is 0 Å². The maximum absolute atomic E-state index is 4.66. The largest absolute Gasteiger partial charge is 0.373 e. The molecule has 0 atom stereocenters. The Hall–Kier alpha value is -2.49. The van der Waals surface area contributed by atoms with Crippen LogP contribution in [0.2, 0.25) is 0 Å². The summed E-state index contributed by atoms with van der Waals surface area (Å²) in [6.45, 7) is 2.13. The van der Waals surface area contributed by atoms with Crippen molar-refractivity contribution in [3.8, 4) is 11.3 Å². The van der Waals surface area contributed by atoms with Gasteiger partial charge >= 0.3 is 0 Å². The van der Waals surface area contributed by atoms with Gasteiger partial charge in [0.15, 0.2) is 0 Å². The first-order chi connectivity index (χ1) is 10.3. The first kappa shape index (κ1) is 13.5. The third-order valence-corrected chi connectivity index (χ3v) is 3.39. The van der Waals surface area contributed by atoms with Gasteiger partial charge in [0.1, 0.15) is 11.6 Å². The molecule has 0 saturated carbocycles. The molecule has 4 heteroatoms. The van der Waals surface area contributed by atoms with Gasteiger partial charge in [0.05, 0.1) is 11.2 Å². The molecular formula is C17H18N4. The number of pyridine rings is 1. The monoisotopic (exact) mass is 278 g/mol. The summed E-state index contributed by atoms with van der Waals surface area (Å²) in [7, 11) is 1.88. The van der Waals surface area contributed by atoms with Crippen LogP contribution in [-0.4, -0.2) is 22.0 Å². The predicted octanol–water partition coefficient (Wildman–Crippen LogP) is 3.69. The van der Waals surface area contributed by atoms with Crippen molar-refractivity contribution in [3.63, 3.8) is 0 Å². The molecule has 0 aliphatic carbocycles. The summed E-state index contributed by atoms with van der Waals surface area (Å²) in [6, 6.07) is 12.2. The topological polar surface area (TPSA) is 50.7 Å². The van der Waals surface area contributed by atoms with Gasteiger partial charge in [-0.25, -0.2) is 9.97 Å². The number of aromatic nitrogens is 3. The second kappa shape index (κ2) is 5.87. The summed E-state index contributed by atoms with van der Waals surface area (Å²) in [6.07, 6.45) is 3.78. The van der Waals surface area contributed by atoms with Crippen LogP contribution in [-0.2, 0) is 6.42 Å². The Morgan fingerprint density at radius 3 is 2.76 bits per heavy atom. The zero-order chi connectivity index (χ0) is 14.7. The number of anilines is 1. The van der Waals surface area contributed by atoms with Gasteiger partial charge in [0, 0.05) is 36.7 Å². The molecule has 1 N–H and O–H groups in total. The van der Waals surface area contributed by atoms with Gasteiger partial charge in [-0.15, -0.1) is 0 Å². The lowest BCUT2D eigenvalue weighted by molar-refractivity contribution is 0.838. The molecule has 0 fully saturated rings. The summed E-state index contributed by atoms with van der Waals surface area (Å²) in [5, 5.41) is 4.22. The molecule has 3 rings (SSSR count). The fraction of sp³-hybridized carbons (Fsp3) is 0.235. The highest BCUT2D eigenvalue weighted by Gasteiger charge is 2.07. The van der Waals surface area contributed by atoms with E-state index in [0.717, 1.165) is 46.6 Å². The van der Waals surface area contributed by atoms with Gasteiger partial charge in [0.2, 0.25) is 0 Å². The molecule has 0 amide bonds. The number of para-hydroxylation sites is 1. The highest BCUT2D eigenvalue weighted by atomic mass is 15.0. The standard InChI is InChI=1S/C17H18N4/c1-3-6-16-20-15(10-17(18-2)21-16)13-9-12-7-4-5-8-14(12)19-11-13/h4-5,7-11H,3,6H2,1-2H3,(H,18,20,21). The van der Waals surface area contributed by atoms with E-state index in [1.807, 2.05) is 37.5 Å². The number of fused-ring (bicyclic) bond motifs is 1. The Morgan fingerprint density at radius 1 is 1.10 bits per heavy atom. The van der Waals surface area contributed by atoms with Crippen LogP contribution < -0.4 is 5.32 Å². The van der Waals surface area contributed by atoms with Gasteiger partial charge in [-0.05, 0) is 18.6 Å². The van der Waals surface area contributed by atoms with E-state index < -0.39 is 0 Å². The van der Waals surface area contributed by atoms with Crippen LogP contribution in [0.15, 0.2) is 42.6 Å². The summed E-state index contributed by atoms with van der Waals surface area (Å²) in [5.74, 6) is 1.71. The van der Waals surface area contributed by atoms with Crippen LogP contribution in [0.3, 0.4) is 0 Å². The van der Waals surface area contributed by atoms with Crippen molar-refractivity contribution in [1.82, 2.24) is 15.0 Å². The van der Waals surface area contributed by atoms with Crippen molar-refractivity contribution in [2.75, 3.05) is 12.4 Å². The minimum Gasteiger partial charge on any atom is -0.373 e. The van der Waals surface area contributed by atoms with E-state index in [9.17, 15) is 0 Å². The number of hydrogen-bond acceptors (Lipinski definition) is 4. The smallest absolute Gasteiger partial charge is 0.131 e. The molecule has 0 aliphatic rings. The van der Waals surface area contributed by atoms with E-state index in [1.54, 1.807) is 0 Å². The third-order valence-electron chi connectivity index (χ3n) is 3.39. The molecule has 0 spiro atoms. The first-order valence-electron chi connectivity index (χ1n) is 7.21. The molecule has 3 aromatic rings. The van der Waals surface area contributed by atoms with Crippen molar-refractivity contribution < 1.29 is 0 Å². The lowest BCUT2D eigenvalue weighted by Crippen LogP contribution is -2.01. The summed E-state index contributed by atoms with van der Waals surface area (Å²) in [5.41, 5.74) is 2.93. The van der Waals surface area contributed by atoms with Crippen molar-refractivity contribution in [2.45, 2.75) is 19.8 Å². The van der Waals surface area contributed by atoms with E-state index in [1.165, 1.54) is 0 Å². The molecule has 0 saturated heterocycles. The van der Waals surface area contributed by atoms with Gasteiger partial charge in [-0.1, -0.05) is 25.1 Å². The first-order valence-corrected chi connectivity index (χ1v) is 7.21. The van der Waals surface area contributed by atoms with E-state index in [-0.39, 0.29) is 0 Å². The Kier molecular flexibility index (Phi) is 3.77. The summed E-state index contributed by atoms with van der Waals surface area (Å²) < 4.78 is 0. The second-order valence-corrected chi connectivity index (χ2v) is 4.97. The van der Waals surface area contributed by atoms with Crippen LogP contribution in [0.5, 0.6) is 0 Å². The van der Waals surface area contributed by atoms with Gasteiger partial charge in [-0.2, -0.15) is 0 Å². The van der Waals surface area contributed by atoms with E-state index in [0.29, 0.717) is 0 Å². The van der Waals surface area contributed by atoms with Crippen LogP contribution in [0.25, 0.3) is 22.2 Å². The summed E-state index contributed by atoms with van der Waals surface area (Å²) in [4.78, 5) is 13.7. The van der Waals surface area contributed by atoms with E-state index >= 15 is 0 Å². The zero-order valence-electron chi connectivity index (χ0n) is 12.3. The fourth-order valence-corrected chi connectivity index (χ4v) is 2.32. The second-order valence-electron chi connectivity index (χ2n) is 4.97. The lowest BCUT2D eigenvalue weighted by Gasteiger charge is -2.08. The van der Waals surface area contributed by atoms with E-state index in [2.05, 4.69) is 39.3 Å². The normalized spacial score (nSPS) is 10.8. The molecule has 1 aromatic carbocycles. The average Bonchev–Trinajstić information content (AvgIpc) is 2.54. The molecule has 0 radical (unpaired) electrons. The molecule has 4 nitrogen and oxygen atoms in total. The minimum absolute atomic E-state index is 0.844. The fourth-order valence-electron chi connectivity index (χ4n) is 2.32. The Morgan fingerprint density at radius 2 is 1.95 bits per heavy atom. The molecule has 106 valence electrons. The Balaban J connectivity index is 2.10. The van der Waals surface area contributed by atoms with Gasteiger partial charge < -0.3 is 5.32 Å². The number of aryl methyl sites for hydroxylation is 1. The molecule has 2 aromatic heterocycles. The molecule has 21 heavy (non-hydrogen) atoms. The number of benzene rings is 1. The molecule has 2 heterocycles. The molecule has 0 unspecified atom stereocenters. The minimum atomic E-state index is 0.844. The molecule has 0 bridgehead atoms. The maximum Gasteiger partial charge on any atom is 0.131 e. The lowest BCUT2D eigenvalue weighted by atomic mass is 10.1. The number of rotatable bonds is 4. The van der Waals surface area contributed by atoms with Crippen LogP contribution >= 0.6 is 0 Å². The number of nitrogens with zero attached hydrogens (tertiary/aromatic N) is 3. The predicted molar refractivity (Wildman–Crippen MR) is 86.3 cm³/mol. The van der Waals surface area contributed by atoms with E-state index in [4.69, 9.17) is 0 Å². The van der Waals surface area contributed by atoms with Crippen molar-refractivity contribution >= 4 is 16.7 Å². The van der Waals surface area contributed by atoms with Crippen LogP contribution in [0, 0.1) is 0 Å². The zero-order valence-corrected chi connectivity index (χ0v) is 12.3. The number of hydrogen-bond donors (Lipinski definition) is 1. The molecule has 0 aliphatic heterocycles. The maximum atomic E-state index is 4.66. The Labute approximate surface area is 124 Å². The van der Waals surface area contributed by atoms with Gasteiger partial charge in [-0.3, -0.25) is 4.98 Å². The molecular weight excluding hydrogens is 260 g/mol. The van der Waals surface area contributed by atoms with Gasteiger partial charge in [0.25, 0.3) is 0 Å². The SMILES string of the molecule is CCCc1nc(NC)cc(-c2cnc3ccccc3c2)n1. The van der Waals surface area contributed by atoms with Crippen LogP contribution in [0.4, 0.5) is 5.82 Å². The highest BCUT2D eigenvalue weighted by molar-refractivity contribution is 5.83. The van der Waals surface area contributed by atoms with Crippen molar-refractivity contribution in [3.05, 3.63) is 48.4 Å². The summed E-state index contributed by atoms with van der Waals surface area (Å²) >= 11 is 0. The highest BCUT2D eigenvalue weighted by Crippen LogP contribution is 2.23. The van der Waals surface area contributed by atoms with Crippen molar-refractivity contribution in [1.29, 1.82) is 0 Å². The number of nitrogens with one attached hydrogen (secondary N) is 1. The Bertz CT molecular complexity index is 768.